The minimum atomic E-state index is -3.07. The van der Waals surface area contributed by atoms with Crippen LogP contribution in [-0.4, -0.2) is 29.2 Å². The highest BCUT2D eigenvalue weighted by molar-refractivity contribution is 6.07. The molecule has 29 heavy (non-hydrogen) atoms. The van der Waals surface area contributed by atoms with Gasteiger partial charge in [-0.15, -0.1) is 0 Å². The van der Waals surface area contributed by atoms with Gasteiger partial charge in [-0.05, 0) is 43.2 Å². The number of aryl methyl sites for hydroxylation is 2. The highest BCUT2D eigenvalue weighted by atomic mass is 19.3. The molecule has 6 nitrogen and oxygen atoms in total. The Bertz CT molecular complexity index is 1050. The third-order valence-corrected chi connectivity index (χ3v) is 5.02. The third-order valence-electron chi connectivity index (χ3n) is 5.02. The predicted molar refractivity (Wildman–Crippen MR) is 105 cm³/mol. The van der Waals surface area contributed by atoms with Crippen molar-refractivity contribution in [1.29, 1.82) is 0 Å². The Morgan fingerprint density at radius 1 is 1.21 bits per heavy atom. The Morgan fingerprint density at radius 3 is 2.86 bits per heavy atom. The summed E-state index contributed by atoms with van der Waals surface area (Å²) in [4.78, 5) is 17.4. The summed E-state index contributed by atoms with van der Waals surface area (Å²) in [5.41, 5.74) is 2.32. The number of hydrogen-bond donors (Lipinski definition) is 1. The number of anilines is 1. The first-order valence-electron chi connectivity index (χ1n) is 9.49. The van der Waals surface area contributed by atoms with Crippen molar-refractivity contribution in [3.63, 3.8) is 0 Å². The summed E-state index contributed by atoms with van der Waals surface area (Å²) in [6.45, 7) is -2.13. The standard InChI is InChI=1S/C21H21F2N3O3/c1-28-17-7-5-6-14(19(17)29-21(22)23)20(27)24-13-9-10-16-15(12-13)25-18-8-3-2-4-11-26(16)18/h5-7,9-10,12,21H,2-4,8,11H2,1H3,(H,24,27). The molecule has 0 saturated heterocycles. The molecule has 152 valence electrons. The molecule has 0 fully saturated rings. The van der Waals surface area contributed by atoms with E-state index in [1.165, 1.54) is 25.7 Å². The van der Waals surface area contributed by atoms with Crippen LogP contribution < -0.4 is 14.8 Å². The van der Waals surface area contributed by atoms with E-state index in [4.69, 9.17) is 9.72 Å². The van der Waals surface area contributed by atoms with Gasteiger partial charge in [-0.25, -0.2) is 4.98 Å². The molecular weight excluding hydrogens is 380 g/mol. The first-order valence-corrected chi connectivity index (χ1v) is 9.49. The fourth-order valence-corrected chi connectivity index (χ4v) is 3.69. The number of para-hydroxylation sites is 1. The van der Waals surface area contributed by atoms with Gasteiger partial charge in [0, 0.05) is 18.7 Å². The fourth-order valence-electron chi connectivity index (χ4n) is 3.69. The second-order valence-electron chi connectivity index (χ2n) is 6.86. The van der Waals surface area contributed by atoms with Gasteiger partial charge in [0.25, 0.3) is 5.91 Å². The lowest BCUT2D eigenvalue weighted by Gasteiger charge is -2.14. The normalized spacial score (nSPS) is 13.8. The number of alkyl halides is 2. The van der Waals surface area contributed by atoms with Crippen LogP contribution in [0.4, 0.5) is 14.5 Å². The second kappa shape index (κ2) is 8.06. The highest BCUT2D eigenvalue weighted by Gasteiger charge is 2.21. The van der Waals surface area contributed by atoms with Gasteiger partial charge in [-0.2, -0.15) is 8.78 Å². The lowest BCUT2D eigenvalue weighted by Crippen LogP contribution is -2.15. The molecule has 0 atom stereocenters. The number of halogens is 2. The molecule has 1 amide bonds. The number of amides is 1. The molecule has 2 heterocycles. The number of imidazole rings is 1. The predicted octanol–water partition coefficient (Wildman–Crippen LogP) is 4.63. The maximum atomic E-state index is 12.8. The number of nitrogens with zero attached hydrogens (tertiary/aromatic N) is 2. The molecule has 4 rings (SSSR count). The van der Waals surface area contributed by atoms with E-state index in [9.17, 15) is 13.6 Å². The first-order chi connectivity index (χ1) is 14.1. The molecule has 0 spiro atoms. The highest BCUT2D eigenvalue weighted by Crippen LogP contribution is 2.33. The number of carbonyl (C=O) groups is 1. The van der Waals surface area contributed by atoms with Crippen LogP contribution in [0.5, 0.6) is 11.5 Å². The van der Waals surface area contributed by atoms with Gasteiger partial charge in [-0.3, -0.25) is 4.79 Å². The summed E-state index contributed by atoms with van der Waals surface area (Å²) in [5, 5.41) is 2.74. The minimum absolute atomic E-state index is 0.0367. The number of aromatic nitrogens is 2. The van der Waals surface area contributed by atoms with Crippen LogP contribution in [-0.2, 0) is 13.0 Å². The maximum absolute atomic E-state index is 12.8. The Labute approximate surface area is 166 Å². The summed E-state index contributed by atoms with van der Waals surface area (Å²) in [6.07, 6.45) is 4.38. The SMILES string of the molecule is COc1cccc(C(=O)Nc2ccc3c(c2)nc2n3CCCCC2)c1OC(F)F. The lowest BCUT2D eigenvalue weighted by atomic mass is 10.1. The molecule has 0 bridgehead atoms. The summed E-state index contributed by atoms with van der Waals surface area (Å²) in [6, 6.07) is 9.92. The van der Waals surface area contributed by atoms with Crippen LogP contribution in [0, 0.1) is 0 Å². The molecule has 8 heteroatoms. The average Bonchev–Trinajstić information content (AvgIpc) is 2.87. The monoisotopic (exact) mass is 401 g/mol. The van der Waals surface area contributed by atoms with E-state index in [1.54, 1.807) is 18.2 Å². The van der Waals surface area contributed by atoms with Crippen LogP contribution >= 0.6 is 0 Å². The van der Waals surface area contributed by atoms with Gasteiger partial charge < -0.3 is 19.4 Å². The smallest absolute Gasteiger partial charge is 0.387 e. The molecule has 1 N–H and O–H groups in total. The molecule has 3 aromatic rings. The summed E-state index contributed by atoms with van der Waals surface area (Å²) >= 11 is 0. The van der Waals surface area contributed by atoms with E-state index < -0.39 is 12.5 Å². The molecule has 0 aliphatic carbocycles. The van der Waals surface area contributed by atoms with Crippen LogP contribution in [0.1, 0.15) is 35.4 Å². The fraction of sp³-hybridized carbons (Fsp3) is 0.333. The number of nitrogens with one attached hydrogen (secondary N) is 1. The molecule has 0 unspecified atom stereocenters. The lowest BCUT2D eigenvalue weighted by molar-refractivity contribution is -0.0515. The molecular formula is C21H21F2N3O3. The summed E-state index contributed by atoms with van der Waals surface area (Å²) in [7, 11) is 1.33. The second-order valence-corrected chi connectivity index (χ2v) is 6.86. The molecule has 0 radical (unpaired) electrons. The Morgan fingerprint density at radius 2 is 2.07 bits per heavy atom. The quantitative estimate of drug-likeness (QED) is 0.677. The summed E-state index contributed by atoms with van der Waals surface area (Å²) < 4.78 is 37.4. The van der Waals surface area contributed by atoms with E-state index in [0.29, 0.717) is 5.69 Å². The van der Waals surface area contributed by atoms with Crippen LogP contribution in [0.25, 0.3) is 11.0 Å². The van der Waals surface area contributed by atoms with E-state index in [2.05, 4.69) is 14.6 Å². The largest absolute Gasteiger partial charge is 0.493 e. The number of ether oxygens (including phenoxy) is 2. The zero-order valence-corrected chi connectivity index (χ0v) is 16.0. The molecule has 1 aromatic heterocycles. The van der Waals surface area contributed by atoms with Crippen molar-refractivity contribution in [2.45, 2.75) is 38.8 Å². The van der Waals surface area contributed by atoms with Gasteiger partial charge in [0.2, 0.25) is 0 Å². The zero-order valence-electron chi connectivity index (χ0n) is 16.0. The van der Waals surface area contributed by atoms with Crippen molar-refractivity contribution in [3.05, 3.63) is 47.8 Å². The topological polar surface area (TPSA) is 65.4 Å². The van der Waals surface area contributed by atoms with Crippen molar-refractivity contribution in [2.24, 2.45) is 0 Å². The Kier molecular flexibility index (Phi) is 5.33. The first kappa shape index (κ1) is 19.2. The van der Waals surface area contributed by atoms with Crippen molar-refractivity contribution in [2.75, 3.05) is 12.4 Å². The van der Waals surface area contributed by atoms with Gasteiger partial charge in [0.1, 0.15) is 5.82 Å². The van der Waals surface area contributed by atoms with Gasteiger partial charge in [0.15, 0.2) is 11.5 Å². The van der Waals surface area contributed by atoms with Gasteiger partial charge in [0.05, 0.1) is 23.7 Å². The summed E-state index contributed by atoms with van der Waals surface area (Å²) in [5.74, 6) is 0.254. The zero-order chi connectivity index (χ0) is 20.4. The van der Waals surface area contributed by atoms with Crippen LogP contribution in [0.15, 0.2) is 36.4 Å². The van der Waals surface area contributed by atoms with Crippen molar-refractivity contribution in [3.8, 4) is 11.5 Å². The van der Waals surface area contributed by atoms with Crippen LogP contribution in [0.3, 0.4) is 0 Å². The van der Waals surface area contributed by atoms with Crippen molar-refractivity contribution in [1.82, 2.24) is 9.55 Å². The number of fused-ring (bicyclic) bond motifs is 3. The molecule has 1 aliphatic rings. The average molecular weight is 401 g/mol. The molecule has 2 aromatic carbocycles. The Balaban J connectivity index is 1.63. The van der Waals surface area contributed by atoms with E-state index >= 15 is 0 Å². The number of hydrogen-bond acceptors (Lipinski definition) is 4. The number of benzene rings is 2. The van der Waals surface area contributed by atoms with Crippen molar-refractivity contribution >= 4 is 22.6 Å². The van der Waals surface area contributed by atoms with E-state index in [-0.39, 0.29) is 17.1 Å². The number of methoxy groups -OCH3 is 1. The van der Waals surface area contributed by atoms with Crippen LogP contribution in [0.2, 0.25) is 0 Å². The number of carbonyl (C=O) groups excluding carboxylic acids is 1. The van der Waals surface area contributed by atoms with E-state index in [0.717, 1.165) is 42.7 Å². The third kappa shape index (κ3) is 3.87. The Hall–Kier alpha value is -3.16. The number of rotatable bonds is 5. The van der Waals surface area contributed by atoms with E-state index in [1.807, 2.05) is 6.07 Å². The minimum Gasteiger partial charge on any atom is -0.493 e. The van der Waals surface area contributed by atoms with Gasteiger partial charge >= 0.3 is 6.61 Å². The maximum Gasteiger partial charge on any atom is 0.387 e. The van der Waals surface area contributed by atoms with Crippen molar-refractivity contribution < 1.29 is 23.0 Å². The van der Waals surface area contributed by atoms with Gasteiger partial charge in [-0.1, -0.05) is 12.5 Å². The molecule has 0 saturated carbocycles. The molecule has 1 aliphatic heterocycles.